The predicted octanol–water partition coefficient (Wildman–Crippen LogP) is 2.19. The Morgan fingerprint density at radius 3 is 2.22 bits per heavy atom. The minimum Gasteiger partial charge on any atom is -0.507 e. The minimum atomic E-state index is 0.342. The van der Waals surface area contributed by atoms with E-state index in [2.05, 4.69) is 32.3 Å². The number of aromatic hydroxyl groups is 1. The number of quaternary nitrogens is 1. The molecule has 0 spiro atoms. The third-order valence-corrected chi connectivity index (χ3v) is 3.79. The first kappa shape index (κ1) is 13.0. The van der Waals surface area contributed by atoms with E-state index in [0.29, 0.717) is 5.75 Å². The number of nitrogens with one attached hydrogen (secondary N) is 1. The maximum absolute atomic E-state index is 9.82. The minimum absolute atomic E-state index is 0.342. The van der Waals surface area contributed by atoms with Crippen LogP contribution in [0, 0.1) is 0 Å². The Hall–Kier alpha value is -1.45. The van der Waals surface area contributed by atoms with Crippen molar-refractivity contribution in [3.63, 3.8) is 0 Å². The molecule has 0 heterocycles. The molecule has 0 amide bonds. The molecule has 0 fully saturated rings. The van der Waals surface area contributed by atoms with Gasteiger partial charge in [0.1, 0.15) is 12.3 Å². The van der Waals surface area contributed by atoms with Crippen LogP contribution in [0.5, 0.6) is 5.75 Å². The number of phenolic OH excluding ortho intramolecular Hbond substituents is 1. The van der Waals surface area contributed by atoms with Crippen molar-refractivity contribution < 1.29 is 10.0 Å². The summed E-state index contributed by atoms with van der Waals surface area (Å²) in [4.78, 5) is 3.50. The molecular weight excluding hydrogens is 242 g/mol. The van der Waals surface area contributed by atoms with Crippen LogP contribution in [0.15, 0.2) is 58.3 Å². The lowest BCUT2D eigenvalue weighted by Gasteiger charge is -2.12. The van der Waals surface area contributed by atoms with Gasteiger partial charge in [0.15, 0.2) is 0 Å². The van der Waals surface area contributed by atoms with E-state index in [1.807, 2.05) is 24.3 Å². The van der Waals surface area contributed by atoms with E-state index in [9.17, 15) is 5.11 Å². The summed E-state index contributed by atoms with van der Waals surface area (Å²) >= 11 is 1.62. The van der Waals surface area contributed by atoms with Crippen LogP contribution >= 0.6 is 11.8 Å². The van der Waals surface area contributed by atoms with E-state index >= 15 is 0 Å². The van der Waals surface area contributed by atoms with Crippen molar-refractivity contribution >= 4 is 11.8 Å². The highest BCUT2D eigenvalue weighted by Gasteiger charge is 2.08. The molecule has 0 aliphatic carbocycles. The Morgan fingerprint density at radius 2 is 1.56 bits per heavy atom. The molecule has 2 aromatic rings. The normalized spacial score (nSPS) is 10.8. The number of para-hydroxylation sites is 1. The fraction of sp³-hybridized carbons (Fsp3) is 0.200. The van der Waals surface area contributed by atoms with Crippen LogP contribution < -0.4 is 4.90 Å². The molecule has 2 N–H and O–H groups in total. The van der Waals surface area contributed by atoms with E-state index in [1.54, 1.807) is 17.8 Å². The Bertz CT molecular complexity index is 525. The third kappa shape index (κ3) is 3.28. The summed E-state index contributed by atoms with van der Waals surface area (Å²) in [6.45, 7) is 0.983. The molecule has 0 unspecified atom stereocenters. The lowest BCUT2D eigenvalue weighted by atomic mass is 10.2. The quantitative estimate of drug-likeness (QED) is 0.881. The molecule has 0 bridgehead atoms. The van der Waals surface area contributed by atoms with Crippen molar-refractivity contribution in [2.24, 2.45) is 0 Å². The van der Waals surface area contributed by atoms with Crippen LogP contribution in [0.25, 0.3) is 0 Å². The molecule has 0 saturated heterocycles. The first-order valence-electron chi connectivity index (χ1n) is 5.99. The van der Waals surface area contributed by atoms with Crippen molar-refractivity contribution in [1.82, 2.24) is 0 Å². The largest absolute Gasteiger partial charge is 0.507 e. The first-order valence-corrected chi connectivity index (χ1v) is 6.81. The van der Waals surface area contributed by atoms with E-state index in [4.69, 9.17) is 0 Å². The van der Waals surface area contributed by atoms with Gasteiger partial charge < -0.3 is 10.0 Å². The standard InChI is InChI=1S/C15H17NOS/c1-16(2)11-12-7-3-5-9-14(12)18-15-10-6-4-8-13(15)17/h3-10,17H,11H2,1-2H3/p+1. The van der Waals surface area contributed by atoms with Gasteiger partial charge in [-0.3, -0.25) is 0 Å². The number of benzene rings is 2. The van der Waals surface area contributed by atoms with Gasteiger partial charge in [-0.2, -0.15) is 0 Å². The van der Waals surface area contributed by atoms with Gasteiger partial charge in [-0.05, 0) is 18.2 Å². The number of hydrogen-bond acceptors (Lipinski definition) is 2. The zero-order valence-electron chi connectivity index (χ0n) is 10.7. The zero-order valence-corrected chi connectivity index (χ0v) is 11.5. The topological polar surface area (TPSA) is 24.7 Å². The summed E-state index contributed by atoms with van der Waals surface area (Å²) in [5.74, 6) is 0.342. The average Bonchev–Trinajstić information content (AvgIpc) is 2.34. The highest BCUT2D eigenvalue weighted by atomic mass is 32.2. The van der Waals surface area contributed by atoms with Crippen LogP contribution in [-0.4, -0.2) is 19.2 Å². The fourth-order valence-electron chi connectivity index (χ4n) is 1.79. The van der Waals surface area contributed by atoms with Crippen LogP contribution in [0.3, 0.4) is 0 Å². The van der Waals surface area contributed by atoms with Gasteiger partial charge in [0.25, 0.3) is 0 Å². The van der Waals surface area contributed by atoms with E-state index < -0.39 is 0 Å². The van der Waals surface area contributed by atoms with Gasteiger partial charge in [-0.25, -0.2) is 0 Å². The van der Waals surface area contributed by atoms with Crippen LogP contribution in [0.4, 0.5) is 0 Å². The van der Waals surface area contributed by atoms with Gasteiger partial charge in [-0.15, -0.1) is 0 Å². The summed E-state index contributed by atoms with van der Waals surface area (Å²) in [6.07, 6.45) is 0. The lowest BCUT2D eigenvalue weighted by molar-refractivity contribution is -0.872. The number of rotatable bonds is 4. The molecule has 3 heteroatoms. The number of phenols is 1. The molecule has 2 rings (SSSR count). The van der Waals surface area contributed by atoms with E-state index in [1.165, 1.54) is 15.4 Å². The zero-order chi connectivity index (χ0) is 13.0. The second-order valence-electron chi connectivity index (χ2n) is 4.56. The highest BCUT2D eigenvalue weighted by Crippen LogP contribution is 2.35. The summed E-state index contributed by atoms with van der Waals surface area (Å²) in [5.41, 5.74) is 1.31. The van der Waals surface area contributed by atoms with Crippen molar-refractivity contribution in [2.45, 2.75) is 16.3 Å². The number of hydrogen-bond donors (Lipinski definition) is 2. The fourth-order valence-corrected chi connectivity index (χ4v) is 2.77. The monoisotopic (exact) mass is 260 g/mol. The average molecular weight is 260 g/mol. The SMILES string of the molecule is C[NH+](C)Cc1ccccc1Sc1ccccc1O. The van der Waals surface area contributed by atoms with Gasteiger partial charge in [0.05, 0.1) is 19.0 Å². The lowest BCUT2D eigenvalue weighted by Crippen LogP contribution is -3.04. The molecule has 2 aromatic carbocycles. The van der Waals surface area contributed by atoms with Crippen molar-refractivity contribution in [2.75, 3.05) is 14.1 Å². The molecule has 2 nitrogen and oxygen atoms in total. The Balaban J connectivity index is 2.26. The molecule has 0 radical (unpaired) electrons. The summed E-state index contributed by atoms with van der Waals surface area (Å²) in [7, 11) is 4.28. The third-order valence-electron chi connectivity index (χ3n) is 2.60. The Kier molecular flexibility index (Phi) is 4.28. The van der Waals surface area contributed by atoms with E-state index in [-0.39, 0.29) is 0 Å². The maximum Gasteiger partial charge on any atom is 0.129 e. The highest BCUT2D eigenvalue weighted by molar-refractivity contribution is 7.99. The first-order chi connectivity index (χ1) is 8.66. The van der Waals surface area contributed by atoms with Gasteiger partial charge in [0.2, 0.25) is 0 Å². The summed E-state index contributed by atoms with van der Waals surface area (Å²) in [6, 6.07) is 15.8. The van der Waals surface area contributed by atoms with Crippen molar-refractivity contribution in [3.8, 4) is 5.75 Å². The second-order valence-corrected chi connectivity index (χ2v) is 5.65. The summed E-state index contributed by atoms with van der Waals surface area (Å²) < 4.78 is 0. The molecule has 0 aromatic heterocycles. The van der Waals surface area contributed by atoms with Gasteiger partial charge in [-0.1, -0.05) is 42.1 Å². The smallest absolute Gasteiger partial charge is 0.129 e. The van der Waals surface area contributed by atoms with Crippen molar-refractivity contribution in [1.29, 1.82) is 0 Å². The summed E-state index contributed by atoms with van der Waals surface area (Å²) in [5, 5.41) is 9.82. The predicted molar refractivity (Wildman–Crippen MR) is 75.2 cm³/mol. The van der Waals surface area contributed by atoms with Crippen LogP contribution in [0.2, 0.25) is 0 Å². The molecule has 0 atom stereocenters. The van der Waals surface area contributed by atoms with Crippen LogP contribution in [0.1, 0.15) is 5.56 Å². The molecule has 18 heavy (non-hydrogen) atoms. The molecule has 94 valence electrons. The van der Waals surface area contributed by atoms with Gasteiger partial charge >= 0.3 is 0 Å². The molecular formula is C15H18NOS+. The Labute approximate surface area is 112 Å². The van der Waals surface area contributed by atoms with Gasteiger partial charge in [0, 0.05) is 10.5 Å². The molecule has 0 aliphatic heterocycles. The van der Waals surface area contributed by atoms with E-state index in [0.717, 1.165) is 11.4 Å². The Morgan fingerprint density at radius 1 is 0.944 bits per heavy atom. The van der Waals surface area contributed by atoms with Crippen molar-refractivity contribution in [3.05, 3.63) is 54.1 Å². The molecule has 0 saturated carbocycles. The maximum atomic E-state index is 9.82. The second kappa shape index (κ2) is 5.94. The van der Waals surface area contributed by atoms with Crippen LogP contribution in [-0.2, 0) is 6.54 Å². The molecule has 0 aliphatic rings.